The molecule has 4 nitrogen and oxygen atoms in total. The Kier molecular flexibility index (Phi) is 3.16. The molecular formula is C10H8BrClN2O2. The number of benzene rings is 1. The van der Waals surface area contributed by atoms with E-state index >= 15 is 0 Å². The summed E-state index contributed by atoms with van der Waals surface area (Å²) in [5, 5.41) is 9.16. The molecule has 0 N–H and O–H groups in total. The third kappa shape index (κ3) is 1.81. The smallest absolute Gasteiger partial charge is 0.162 e. The van der Waals surface area contributed by atoms with Gasteiger partial charge in [-0.15, -0.1) is 10.2 Å². The van der Waals surface area contributed by atoms with Gasteiger partial charge in [-0.3, -0.25) is 0 Å². The van der Waals surface area contributed by atoms with Gasteiger partial charge in [-0.2, -0.15) is 0 Å². The van der Waals surface area contributed by atoms with Gasteiger partial charge in [0.1, 0.15) is 4.60 Å². The lowest BCUT2D eigenvalue weighted by Crippen LogP contribution is -1.93. The van der Waals surface area contributed by atoms with E-state index in [-0.39, 0.29) is 0 Å². The number of rotatable bonds is 2. The minimum Gasteiger partial charge on any atom is -0.493 e. The van der Waals surface area contributed by atoms with Gasteiger partial charge in [0.15, 0.2) is 11.5 Å². The lowest BCUT2D eigenvalue weighted by molar-refractivity contribution is 0.355. The van der Waals surface area contributed by atoms with E-state index in [0.717, 1.165) is 5.39 Å². The molecule has 0 amide bonds. The van der Waals surface area contributed by atoms with E-state index in [9.17, 15) is 0 Å². The van der Waals surface area contributed by atoms with Crippen LogP contribution in [0.5, 0.6) is 11.5 Å². The molecule has 0 aliphatic carbocycles. The maximum atomic E-state index is 6.10. The van der Waals surface area contributed by atoms with Crippen LogP contribution >= 0.6 is 27.5 Å². The average molecular weight is 304 g/mol. The third-order valence-electron chi connectivity index (χ3n) is 2.16. The van der Waals surface area contributed by atoms with E-state index in [2.05, 4.69) is 26.1 Å². The van der Waals surface area contributed by atoms with E-state index in [0.29, 0.717) is 26.6 Å². The molecule has 0 aliphatic rings. The van der Waals surface area contributed by atoms with Crippen LogP contribution in [0.3, 0.4) is 0 Å². The van der Waals surface area contributed by atoms with Crippen LogP contribution in [0.15, 0.2) is 16.7 Å². The van der Waals surface area contributed by atoms with Gasteiger partial charge in [0.25, 0.3) is 0 Å². The van der Waals surface area contributed by atoms with E-state index in [1.165, 1.54) is 0 Å². The second-order valence-electron chi connectivity index (χ2n) is 3.03. The number of halogens is 2. The van der Waals surface area contributed by atoms with Crippen molar-refractivity contribution >= 4 is 38.4 Å². The molecule has 1 aromatic heterocycles. The van der Waals surface area contributed by atoms with Crippen LogP contribution in [-0.2, 0) is 0 Å². The highest BCUT2D eigenvalue weighted by Crippen LogP contribution is 2.35. The van der Waals surface area contributed by atoms with Crippen molar-refractivity contribution < 1.29 is 9.47 Å². The standard InChI is InChI=1S/C10H8BrClN2O2/c1-15-7-3-5-6(4-8(7)16-2)13-14-10(11)9(5)12/h3-4H,1-2H3. The van der Waals surface area contributed by atoms with Crippen molar-refractivity contribution in [2.45, 2.75) is 0 Å². The Labute approximate surface area is 106 Å². The summed E-state index contributed by atoms with van der Waals surface area (Å²) in [6.45, 7) is 0. The molecule has 6 heteroatoms. The van der Waals surface area contributed by atoms with E-state index < -0.39 is 0 Å². The second-order valence-corrected chi connectivity index (χ2v) is 4.16. The largest absolute Gasteiger partial charge is 0.493 e. The van der Waals surface area contributed by atoms with Gasteiger partial charge in [-0.05, 0) is 22.0 Å². The lowest BCUT2D eigenvalue weighted by Gasteiger charge is -2.09. The number of methoxy groups -OCH3 is 2. The minimum atomic E-state index is 0.506. The van der Waals surface area contributed by atoms with Crippen LogP contribution in [0.2, 0.25) is 5.02 Å². The molecule has 16 heavy (non-hydrogen) atoms. The van der Waals surface area contributed by atoms with Gasteiger partial charge in [0, 0.05) is 11.5 Å². The highest BCUT2D eigenvalue weighted by molar-refractivity contribution is 9.10. The molecule has 0 atom stereocenters. The molecule has 0 aliphatic heterocycles. The molecule has 2 aromatic rings. The van der Waals surface area contributed by atoms with Gasteiger partial charge < -0.3 is 9.47 Å². The summed E-state index contributed by atoms with van der Waals surface area (Å²) in [5.74, 6) is 1.21. The van der Waals surface area contributed by atoms with Crippen molar-refractivity contribution in [2.75, 3.05) is 14.2 Å². The average Bonchev–Trinajstić information content (AvgIpc) is 2.32. The van der Waals surface area contributed by atoms with Crippen LogP contribution in [0.4, 0.5) is 0 Å². The third-order valence-corrected chi connectivity index (χ3v) is 3.33. The van der Waals surface area contributed by atoms with Gasteiger partial charge in [-0.1, -0.05) is 11.6 Å². The van der Waals surface area contributed by atoms with Crippen LogP contribution in [0.1, 0.15) is 0 Å². The SMILES string of the molecule is COc1cc2nnc(Br)c(Cl)c2cc1OC. The lowest BCUT2D eigenvalue weighted by atomic mass is 10.2. The summed E-state index contributed by atoms with van der Waals surface area (Å²) in [5.41, 5.74) is 0.658. The number of fused-ring (bicyclic) bond motifs is 1. The van der Waals surface area contributed by atoms with Crippen molar-refractivity contribution in [2.24, 2.45) is 0 Å². The van der Waals surface area contributed by atoms with Crippen molar-refractivity contribution in [3.8, 4) is 11.5 Å². The van der Waals surface area contributed by atoms with Gasteiger partial charge >= 0.3 is 0 Å². The maximum Gasteiger partial charge on any atom is 0.162 e. The van der Waals surface area contributed by atoms with Crippen LogP contribution in [-0.4, -0.2) is 24.4 Å². The number of hydrogen-bond donors (Lipinski definition) is 0. The van der Waals surface area contributed by atoms with E-state index in [4.69, 9.17) is 21.1 Å². The Balaban J connectivity index is 2.78. The van der Waals surface area contributed by atoms with Crippen molar-refractivity contribution in [1.82, 2.24) is 10.2 Å². The zero-order chi connectivity index (χ0) is 11.7. The molecule has 1 heterocycles. The Bertz CT molecular complexity index is 548. The molecule has 0 radical (unpaired) electrons. The molecular weight excluding hydrogens is 295 g/mol. The summed E-state index contributed by atoms with van der Waals surface area (Å²) >= 11 is 9.33. The van der Waals surface area contributed by atoms with Gasteiger partial charge in [-0.25, -0.2) is 0 Å². The number of ether oxygens (including phenoxy) is 2. The Morgan fingerprint density at radius 3 is 2.38 bits per heavy atom. The van der Waals surface area contributed by atoms with Crippen LogP contribution in [0.25, 0.3) is 10.9 Å². The molecule has 0 fully saturated rings. The van der Waals surface area contributed by atoms with Crippen LogP contribution in [0, 0.1) is 0 Å². The topological polar surface area (TPSA) is 44.2 Å². The molecule has 0 unspecified atom stereocenters. The first-order chi connectivity index (χ1) is 7.67. The minimum absolute atomic E-state index is 0.506. The Morgan fingerprint density at radius 2 is 1.75 bits per heavy atom. The van der Waals surface area contributed by atoms with Crippen LogP contribution < -0.4 is 9.47 Å². The summed E-state index contributed by atoms with van der Waals surface area (Å²) in [6, 6.07) is 3.51. The first-order valence-electron chi connectivity index (χ1n) is 4.40. The van der Waals surface area contributed by atoms with E-state index in [1.807, 2.05) is 0 Å². The van der Waals surface area contributed by atoms with E-state index in [1.54, 1.807) is 26.4 Å². The zero-order valence-electron chi connectivity index (χ0n) is 8.62. The monoisotopic (exact) mass is 302 g/mol. The summed E-state index contributed by atoms with van der Waals surface area (Å²) < 4.78 is 10.9. The molecule has 2 rings (SSSR count). The summed E-state index contributed by atoms with van der Waals surface area (Å²) in [4.78, 5) is 0. The fraction of sp³-hybridized carbons (Fsp3) is 0.200. The Morgan fingerprint density at radius 1 is 1.12 bits per heavy atom. The first kappa shape index (κ1) is 11.4. The molecule has 84 valence electrons. The second kappa shape index (κ2) is 4.43. The number of aromatic nitrogens is 2. The fourth-order valence-electron chi connectivity index (χ4n) is 1.38. The quantitative estimate of drug-likeness (QED) is 0.855. The molecule has 0 saturated heterocycles. The molecule has 0 saturated carbocycles. The van der Waals surface area contributed by atoms with Gasteiger partial charge in [0.2, 0.25) is 0 Å². The normalized spacial score (nSPS) is 10.5. The van der Waals surface area contributed by atoms with Crippen molar-refractivity contribution in [3.63, 3.8) is 0 Å². The first-order valence-corrected chi connectivity index (χ1v) is 5.58. The van der Waals surface area contributed by atoms with Gasteiger partial charge in [0.05, 0.1) is 24.8 Å². The van der Waals surface area contributed by atoms with Crippen molar-refractivity contribution in [1.29, 1.82) is 0 Å². The highest BCUT2D eigenvalue weighted by atomic mass is 79.9. The predicted octanol–water partition coefficient (Wildman–Crippen LogP) is 3.06. The van der Waals surface area contributed by atoms with Crippen molar-refractivity contribution in [3.05, 3.63) is 21.8 Å². The summed E-state index contributed by atoms with van der Waals surface area (Å²) in [7, 11) is 3.14. The number of hydrogen-bond acceptors (Lipinski definition) is 4. The molecule has 0 bridgehead atoms. The highest BCUT2D eigenvalue weighted by Gasteiger charge is 2.11. The fourth-order valence-corrected chi connectivity index (χ4v) is 1.86. The molecule has 0 spiro atoms. The Hall–Kier alpha value is -1.07. The maximum absolute atomic E-state index is 6.10. The molecule has 1 aromatic carbocycles. The number of nitrogens with zero attached hydrogens (tertiary/aromatic N) is 2. The zero-order valence-corrected chi connectivity index (χ0v) is 11.0. The summed E-state index contributed by atoms with van der Waals surface area (Å²) in [6.07, 6.45) is 0. The predicted molar refractivity (Wildman–Crippen MR) is 65.4 cm³/mol.